The van der Waals surface area contributed by atoms with Crippen LogP contribution in [-0.4, -0.2) is 7.11 Å². The molecule has 0 unspecified atom stereocenters. The molecule has 31 heavy (non-hydrogen) atoms. The molecular weight excluding hydrogens is 388 g/mol. The molecule has 0 amide bonds. The Labute approximate surface area is 179 Å². The van der Waals surface area contributed by atoms with Crippen molar-refractivity contribution >= 4 is 21.7 Å². The molecule has 1 heterocycles. The number of rotatable bonds is 5. The number of benzene rings is 4. The van der Waals surface area contributed by atoms with Gasteiger partial charge in [-0.15, -0.1) is 0 Å². The van der Waals surface area contributed by atoms with Gasteiger partial charge in [0.15, 0.2) is 5.76 Å². The van der Waals surface area contributed by atoms with E-state index in [1.807, 2.05) is 60.7 Å². The summed E-state index contributed by atoms with van der Waals surface area (Å²) in [6.07, 6.45) is 0. The van der Waals surface area contributed by atoms with Gasteiger partial charge in [0.05, 0.1) is 12.5 Å². The lowest BCUT2D eigenvalue weighted by molar-refractivity contribution is 0.299. The second-order valence-corrected chi connectivity index (χ2v) is 7.24. The fraction of sp³-hybridized carbons (Fsp3) is 0.0741. The molecule has 0 aliphatic heterocycles. The van der Waals surface area contributed by atoms with Gasteiger partial charge >= 0.3 is 0 Å². The van der Waals surface area contributed by atoms with Crippen molar-refractivity contribution in [1.29, 1.82) is 0 Å². The van der Waals surface area contributed by atoms with Gasteiger partial charge in [-0.2, -0.15) is 0 Å². The number of ether oxygens (including phenoxy) is 2. The van der Waals surface area contributed by atoms with E-state index in [1.165, 1.54) is 0 Å². The van der Waals surface area contributed by atoms with Crippen molar-refractivity contribution in [2.45, 2.75) is 6.61 Å². The van der Waals surface area contributed by atoms with E-state index in [0.717, 1.165) is 27.6 Å². The molecule has 1 aromatic heterocycles. The molecule has 0 radical (unpaired) electrons. The molecule has 5 aromatic rings. The maximum absolute atomic E-state index is 13.3. The molecular formula is C27H20O4. The number of methoxy groups -OCH3 is 1. The molecule has 0 saturated heterocycles. The van der Waals surface area contributed by atoms with Crippen LogP contribution >= 0.6 is 0 Å². The maximum Gasteiger partial charge on any atom is 0.235 e. The van der Waals surface area contributed by atoms with Crippen molar-refractivity contribution < 1.29 is 13.9 Å². The van der Waals surface area contributed by atoms with Crippen molar-refractivity contribution in [3.8, 4) is 22.8 Å². The number of fused-ring (bicyclic) bond motifs is 2. The molecule has 0 spiro atoms. The second-order valence-electron chi connectivity index (χ2n) is 7.24. The Bertz CT molecular complexity index is 1430. The van der Waals surface area contributed by atoms with E-state index in [2.05, 4.69) is 18.2 Å². The third-order valence-electron chi connectivity index (χ3n) is 5.36. The number of hydrogen-bond acceptors (Lipinski definition) is 4. The standard InChI is InChI=1S/C27H20O4/c1-29-21-15-13-19(14-16-21)26-27(25(28)23-11-4-5-12-24(23)31-26)30-17-20-9-6-8-18-7-2-3-10-22(18)20/h2-16H,17H2,1H3. The van der Waals surface area contributed by atoms with Crippen LogP contribution in [0.5, 0.6) is 11.5 Å². The summed E-state index contributed by atoms with van der Waals surface area (Å²) >= 11 is 0. The highest BCUT2D eigenvalue weighted by molar-refractivity contribution is 5.86. The van der Waals surface area contributed by atoms with E-state index in [0.29, 0.717) is 16.7 Å². The Morgan fingerprint density at radius 3 is 2.29 bits per heavy atom. The molecule has 0 aliphatic rings. The third-order valence-corrected chi connectivity index (χ3v) is 5.36. The highest BCUT2D eigenvalue weighted by Gasteiger charge is 2.18. The van der Waals surface area contributed by atoms with Gasteiger partial charge in [-0.1, -0.05) is 54.6 Å². The Balaban J connectivity index is 1.62. The lowest BCUT2D eigenvalue weighted by Gasteiger charge is -2.13. The summed E-state index contributed by atoms with van der Waals surface area (Å²) < 4.78 is 17.5. The number of hydrogen-bond donors (Lipinski definition) is 0. The molecule has 0 bridgehead atoms. The van der Waals surface area contributed by atoms with E-state index >= 15 is 0 Å². The predicted molar refractivity (Wildman–Crippen MR) is 123 cm³/mol. The first-order valence-electron chi connectivity index (χ1n) is 10.0. The van der Waals surface area contributed by atoms with Crippen LogP contribution in [0, 0.1) is 0 Å². The fourth-order valence-corrected chi connectivity index (χ4v) is 3.76. The minimum absolute atomic E-state index is 0.187. The Kier molecular flexibility index (Phi) is 4.89. The maximum atomic E-state index is 13.3. The SMILES string of the molecule is COc1ccc(-c2oc3ccccc3c(=O)c2OCc2cccc3ccccc23)cc1. The van der Waals surface area contributed by atoms with Crippen LogP contribution in [0.25, 0.3) is 33.1 Å². The van der Waals surface area contributed by atoms with Crippen LogP contribution in [0.15, 0.2) is 100 Å². The van der Waals surface area contributed by atoms with Gasteiger partial charge in [0.2, 0.25) is 11.2 Å². The van der Waals surface area contributed by atoms with E-state index in [-0.39, 0.29) is 17.8 Å². The highest BCUT2D eigenvalue weighted by Crippen LogP contribution is 2.32. The third kappa shape index (κ3) is 3.53. The van der Waals surface area contributed by atoms with Gasteiger partial charge in [-0.3, -0.25) is 4.79 Å². The lowest BCUT2D eigenvalue weighted by atomic mass is 10.1. The Morgan fingerprint density at radius 2 is 1.48 bits per heavy atom. The molecule has 4 aromatic carbocycles. The van der Waals surface area contributed by atoms with Gasteiger partial charge < -0.3 is 13.9 Å². The largest absolute Gasteiger partial charge is 0.497 e. The first kappa shape index (κ1) is 18.9. The van der Waals surface area contributed by atoms with Crippen molar-refractivity contribution in [2.24, 2.45) is 0 Å². The van der Waals surface area contributed by atoms with Crippen LogP contribution in [-0.2, 0) is 6.61 Å². The van der Waals surface area contributed by atoms with Gasteiger partial charge in [-0.25, -0.2) is 0 Å². The van der Waals surface area contributed by atoms with E-state index in [4.69, 9.17) is 13.9 Å². The average Bonchev–Trinajstić information content (AvgIpc) is 2.83. The number of para-hydroxylation sites is 1. The first-order chi connectivity index (χ1) is 15.2. The molecule has 4 heteroatoms. The van der Waals surface area contributed by atoms with Gasteiger partial charge in [0.1, 0.15) is 17.9 Å². The quantitative estimate of drug-likeness (QED) is 0.347. The average molecular weight is 408 g/mol. The van der Waals surface area contributed by atoms with E-state index < -0.39 is 0 Å². The highest BCUT2D eigenvalue weighted by atomic mass is 16.5. The smallest absolute Gasteiger partial charge is 0.235 e. The van der Waals surface area contributed by atoms with Crippen molar-refractivity contribution in [1.82, 2.24) is 0 Å². The van der Waals surface area contributed by atoms with Crippen LogP contribution in [0.1, 0.15) is 5.56 Å². The molecule has 4 nitrogen and oxygen atoms in total. The second kappa shape index (κ2) is 8.00. The van der Waals surface area contributed by atoms with Gasteiger partial charge in [0, 0.05) is 5.56 Å². The lowest BCUT2D eigenvalue weighted by Crippen LogP contribution is -2.10. The zero-order valence-corrected chi connectivity index (χ0v) is 17.0. The minimum atomic E-state index is -0.187. The van der Waals surface area contributed by atoms with Crippen molar-refractivity contribution in [3.05, 3.63) is 107 Å². The predicted octanol–water partition coefficient (Wildman–Crippen LogP) is 6.20. The van der Waals surface area contributed by atoms with Crippen molar-refractivity contribution in [2.75, 3.05) is 7.11 Å². The molecule has 0 atom stereocenters. The first-order valence-corrected chi connectivity index (χ1v) is 10.0. The summed E-state index contributed by atoms with van der Waals surface area (Å²) in [6.45, 7) is 0.258. The summed E-state index contributed by atoms with van der Waals surface area (Å²) in [4.78, 5) is 13.3. The van der Waals surface area contributed by atoms with Gasteiger partial charge in [0.25, 0.3) is 0 Å². The minimum Gasteiger partial charge on any atom is -0.497 e. The van der Waals surface area contributed by atoms with Crippen LogP contribution in [0.2, 0.25) is 0 Å². The monoisotopic (exact) mass is 408 g/mol. The molecule has 5 rings (SSSR count). The zero-order valence-electron chi connectivity index (χ0n) is 17.0. The summed E-state index contributed by atoms with van der Waals surface area (Å²) in [6, 6.07) is 28.8. The summed E-state index contributed by atoms with van der Waals surface area (Å²) in [5.74, 6) is 1.34. The Morgan fingerprint density at radius 1 is 0.774 bits per heavy atom. The zero-order chi connectivity index (χ0) is 21.2. The molecule has 152 valence electrons. The summed E-state index contributed by atoms with van der Waals surface area (Å²) in [7, 11) is 1.61. The normalized spacial score (nSPS) is 11.0. The molecule has 0 aliphatic carbocycles. The molecule has 0 fully saturated rings. The molecule has 0 N–H and O–H groups in total. The topological polar surface area (TPSA) is 48.7 Å². The summed E-state index contributed by atoms with van der Waals surface area (Å²) in [5.41, 5.74) is 2.09. The summed E-state index contributed by atoms with van der Waals surface area (Å²) in [5, 5.41) is 2.72. The van der Waals surface area contributed by atoms with E-state index in [1.54, 1.807) is 19.2 Å². The van der Waals surface area contributed by atoms with Crippen molar-refractivity contribution in [3.63, 3.8) is 0 Å². The fourth-order valence-electron chi connectivity index (χ4n) is 3.76. The molecule has 0 saturated carbocycles. The van der Waals surface area contributed by atoms with Crippen LogP contribution in [0.4, 0.5) is 0 Å². The van der Waals surface area contributed by atoms with Crippen LogP contribution < -0.4 is 14.9 Å². The van der Waals surface area contributed by atoms with Crippen LogP contribution in [0.3, 0.4) is 0 Å². The van der Waals surface area contributed by atoms with E-state index in [9.17, 15) is 4.79 Å². The van der Waals surface area contributed by atoms with Gasteiger partial charge in [-0.05, 0) is 52.7 Å². The Hall–Kier alpha value is -4.05.